The number of nitrogens with zero attached hydrogens (tertiary/aromatic N) is 1. The van der Waals surface area contributed by atoms with Crippen LogP contribution in [0.15, 0.2) is 48.5 Å². The summed E-state index contributed by atoms with van der Waals surface area (Å²) in [5.74, 6) is -1.59. The Balaban J connectivity index is 2.21. The van der Waals surface area contributed by atoms with Crippen LogP contribution < -0.4 is 5.32 Å². The molecule has 0 heterocycles. The summed E-state index contributed by atoms with van der Waals surface area (Å²) in [5.41, 5.74) is 0.400. The Morgan fingerprint density at radius 2 is 1.95 bits per heavy atom. The molecule has 2 aromatic carbocycles. The molecule has 0 radical (unpaired) electrons. The average molecular weight is 302 g/mol. The third-order valence-electron chi connectivity index (χ3n) is 3.34. The SMILES string of the molecule is CCC(C(=O)Nc1ccc(F)c([N+](=O)[O-])c1)c1ccccc1. The molecule has 0 saturated heterocycles. The molecule has 2 aromatic rings. The Labute approximate surface area is 126 Å². The van der Waals surface area contributed by atoms with Crippen molar-refractivity contribution in [3.8, 4) is 0 Å². The number of carbonyl (C=O) groups excluding carboxylic acids is 1. The fraction of sp³-hybridized carbons (Fsp3) is 0.188. The minimum atomic E-state index is -0.932. The molecule has 0 bridgehead atoms. The summed E-state index contributed by atoms with van der Waals surface area (Å²) in [5, 5.41) is 13.3. The molecule has 0 aliphatic heterocycles. The van der Waals surface area contributed by atoms with Crippen LogP contribution in [-0.2, 0) is 4.79 Å². The Bertz CT molecular complexity index is 689. The lowest BCUT2D eigenvalue weighted by atomic mass is 9.95. The third-order valence-corrected chi connectivity index (χ3v) is 3.34. The van der Waals surface area contributed by atoms with Crippen molar-refractivity contribution >= 4 is 17.3 Å². The largest absolute Gasteiger partial charge is 0.325 e. The van der Waals surface area contributed by atoms with E-state index in [0.29, 0.717) is 6.42 Å². The van der Waals surface area contributed by atoms with E-state index in [4.69, 9.17) is 0 Å². The number of benzene rings is 2. The second-order valence-electron chi connectivity index (χ2n) is 4.78. The molecular weight excluding hydrogens is 287 g/mol. The first kappa shape index (κ1) is 15.6. The molecule has 114 valence electrons. The molecule has 1 atom stereocenters. The number of nitro benzene ring substituents is 1. The fourth-order valence-electron chi connectivity index (χ4n) is 2.22. The summed E-state index contributed by atoms with van der Waals surface area (Å²) in [6.45, 7) is 1.88. The van der Waals surface area contributed by atoms with Crippen molar-refractivity contribution in [2.45, 2.75) is 19.3 Å². The van der Waals surface area contributed by atoms with Crippen LogP contribution in [0.5, 0.6) is 0 Å². The Morgan fingerprint density at radius 1 is 1.27 bits per heavy atom. The molecule has 6 heteroatoms. The first-order chi connectivity index (χ1) is 10.5. The van der Waals surface area contributed by atoms with Crippen LogP contribution in [0.25, 0.3) is 0 Å². The predicted molar refractivity (Wildman–Crippen MR) is 81.2 cm³/mol. The van der Waals surface area contributed by atoms with Gasteiger partial charge in [-0.05, 0) is 24.1 Å². The summed E-state index contributed by atoms with van der Waals surface area (Å²) >= 11 is 0. The maximum Gasteiger partial charge on any atom is 0.306 e. The molecule has 1 N–H and O–H groups in total. The molecule has 22 heavy (non-hydrogen) atoms. The predicted octanol–water partition coefficient (Wildman–Crippen LogP) is 3.87. The van der Waals surface area contributed by atoms with E-state index in [-0.39, 0.29) is 17.5 Å². The summed E-state index contributed by atoms with van der Waals surface area (Å²) < 4.78 is 13.3. The number of hydrogen-bond acceptors (Lipinski definition) is 3. The number of halogens is 1. The van der Waals surface area contributed by atoms with Gasteiger partial charge in [0.1, 0.15) is 0 Å². The summed E-state index contributed by atoms with van der Waals surface area (Å²) in [4.78, 5) is 22.2. The number of nitro groups is 1. The molecule has 2 rings (SSSR count). The van der Waals surface area contributed by atoms with E-state index in [2.05, 4.69) is 5.32 Å². The average Bonchev–Trinajstić information content (AvgIpc) is 2.51. The van der Waals surface area contributed by atoms with Gasteiger partial charge < -0.3 is 5.32 Å². The molecular formula is C16H15FN2O3. The lowest BCUT2D eigenvalue weighted by molar-refractivity contribution is -0.387. The highest BCUT2D eigenvalue weighted by atomic mass is 19.1. The molecule has 0 aliphatic rings. The smallest absolute Gasteiger partial charge is 0.306 e. The molecule has 1 amide bonds. The van der Waals surface area contributed by atoms with E-state index < -0.39 is 16.4 Å². The standard InChI is InChI=1S/C16H15FN2O3/c1-2-13(11-6-4-3-5-7-11)16(20)18-12-8-9-14(17)15(10-12)19(21)22/h3-10,13H,2H2,1H3,(H,18,20). The lowest BCUT2D eigenvalue weighted by Gasteiger charge is -2.15. The summed E-state index contributed by atoms with van der Waals surface area (Å²) in [7, 11) is 0. The lowest BCUT2D eigenvalue weighted by Crippen LogP contribution is -2.20. The van der Waals surface area contributed by atoms with E-state index in [0.717, 1.165) is 17.7 Å². The third kappa shape index (κ3) is 3.46. The monoisotopic (exact) mass is 302 g/mol. The van der Waals surface area contributed by atoms with Crippen molar-refractivity contribution in [3.63, 3.8) is 0 Å². The van der Waals surface area contributed by atoms with E-state index in [1.807, 2.05) is 37.3 Å². The minimum Gasteiger partial charge on any atom is -0.325 e. The van der Waals surface area contributed by atoms with Gasteiger partial charge in [-0.15, -0.1) is 0 Å². The fourth-order valence-corrected chi connectivity index (χ4v) is 2.22. The highest BCUT2D eigenvalue weighted by molar-refractivity contribution is 5.96. The molecule has 0 saturated carbocycles. The van der Waals surface area contributed by atoms with Crippen LogP contribution in [0.4, 0.5) is 15.8 Å². The topological polar surface area (TPSA) is 72.2 Å². The van der Waals surface area contributed by atoms with Crippen LogP contribution in [0.3, 0.4) is 0 Å². The van der Waals surface area contributed by atoms with Gasteiger partial charge in [0.25, 0.3) is 0 Å². The highest BCUT2D eigenvalue weighted by Crippen LogP contribution is 2.25. The number of hydrogen-bond donors (Lipinski definition) is 1. The number of nitrogens with one attached hydrogen (secondary N) is 1. The maximum atomic E-state index is 13.3. The Morgan fingerprint density at radius 3 is 2.55 bits per heavy atom. The van der Waals surface area contributed by atoms with Crippen molar-refractivity contribution in [2.24, 2.45) is 0 Å². The number of amides is 1. The number of carbonyl (C=O) groups is 1. The molecule has 0 aromatic heterocycles. The molecule has 5 nitrogen and oxygen atoms in total. The van der Waals surface area contributed by atoms with Crippen molar-refractivity contribution < 1.29 is 14.1 Å². The van der Waals surface area contributed by atoms with Crippen LogP contribution in [0, 0.1) is 15.9 Å². The minimum absolute atomic E-state index is 0.201. The van der Waals surface area contributed by atoms with Crippen LogP contribution in [0.2, 0.25) is 0 Å². The van der Waals surface area contributed by atoms with Crippen molar-refractivity contribution in [2.75, 3.05) is 5.32 Å². The van der Waals surface area contributed by atoms with E-state index in [1.165, 1.54) is 6.07 Å². The Hall–Kier alpha value is -2.76. The normalized spacial score (nSPS) is 11.7. The van der Waals surface area contributed by atoms with Gasteiger partial charge in [-0.3, -0.25) is 14.9 Å². The van der Waals surface area contributed by atoms with Crippen molar-refractivity contribution in [3.05, 3.63) is 70.0 Å². The van der Waals surface area contributed by atoms with Gasteiger partial charge in [-0.25, -0.2) is 0 Å². The summed E-state index contributed by atoms with van der Waals surface area (Å²) in [6, 6.07) is 12.5. The van der Waals surface area contributed by atoms with Gasteiger partial charge in [0.2, 0.25) is 11.7 Å². The van der Waals surface area contributed by atoms with E-state index in [9.17, 15) is 19.3 Å². The first-order valence-corrected chi connectivity index (χ1v) is 6.82. The molecule has 0 spiro atoms. The second-order valence-corrected chi connectivity index (χ2v) is 4.78. The van der Waals surface area contributed by atoms with E-state index in [1.54, 1.807) is 0 Å². The van der Waals surface area contributed by atoms with Crippen LogP contribution >= 0.6 is 0 Å². The van der Waals surface area contributed by atoms with Crippen LogP contribution in [0.1, 0.15) is 24.8 Å². The number of rotatable bonds is 5. The molecule has 1 unspecified atom stereocenters. The zero-order chi connectivity index (χ0) is 16.1. The number of anilines is 1. The van der Waals surface area contributed by atoms with Crippen LogP contribution in [-0.4, -0.2) is 10.8 Å². The molecule has 0 fully saturated rings. The zero-order valence-corrected chi connectivity index (χ0v) is 12.0. The Kier molecular flexibility index (Phi) is 4.83. The van der Waals surface area contributed by atoms with Gasteiger partial charge in [0, 0.05) is 11.8 Å². The van der Waals surface area contributed by atoms with Gasteiger partial charge in [-0.2, -0.15) is 4.39 Å². The van der Waals surface area contributed by atoms with Gasteiger partial charge in [0.05, 0.1) is 10.8 Å². The van der Waals surface area contributed by atoms with Gasteiger partial charge in [0.15, 0.2) is 0 Å². The van der Waals surface area contributed by atoms with Gasteiger partial charge in [-0.1, -0.05) is 37.3 Å². The van der Waals surface area contributed by atoms with Gasteiger partial charge >= 0.3 is 5.69 Å². The van der Waals surface area contributed by atoms with Crippen molar-refractivity contribution in [1.29, 1.82) is 0 Å². The maximum absolute atomic E-state index is 13.3. The summed E-state index contributed by atoms with van der Waals surface area (Å²) in [6.07, 6.45) is 0.582. The quantitative estimate of drug-likeness (QED) is 0.673. The molecule has 0 aliphatic carbocycles. The van der Waals surface area contributed by atoms with Crippen molar-refractivity contribution in [1.82, 2.24) is 0 Å². The first-order valence-electron chi connectivity index (χ1n) is 6.82. The second kappa shape index (κ2) is 6.80. The zero-order valence-electron chi connectivity index (χ0n) is 12.0. The highest BCUT2D eigenvalue weighted by Gasteiger charge is 2.20. The van der Waals surface area contributed by atoms with E-state index >= 15 is 0 Å².